The molecule has 1 N–H and O–H groups in total. The van der Waals surface area contributed by atoms with Gasteiger partial charge in [-0.2, -0.15) is 0 Å². The van der Waals surface area contributed by atoms with Gasteiger partial charge in [0.1, 0.15) is 18.2 Å². The van der Waals surface area contributed by atoms with Crippen molar-refractivity contribution in [3.05, 3.63) is 82.4 Å². The molecule has 210 valence electrons. The van der Waals surface area contributed by atoms with Crippen molar-refractivity contribution < 1.29 is 28.2 Å². The summed E-state index contributed by atoms with van der Waals surface area (Å²) < 4.78 is 42.4. The van der Waals surface area contributed by atoms with Crippen LogP contribution in [0.25, 0.3) is 11.1 Å². The highest BCUT2D eigenvalue weighted by Gasteiger charge is 2.62. The average molecular weight is 547 g/mol. The fraction of sp³-hybridized carbons (Fsp3) is 0.441. The Kier molecular flexibility index (Phi) is 6.63. The minimum Gasteiger partial charge on any atom is -0.497 e. The molecule has 0 aliphatic heterocycles. The van der Waals surface area contributed by atoms with Crippen LogP contribution in [0, 0.1) is 23.0 Å². The van der Waals surface area contributed by atoms with Gasteiger partial charge in [0.05, 0.1) is 13.0 Å². The normalized spacial score (nSPS) is 24.5. The molecule has 3 aromatic carbocycles. The van der Waals surface area contributed by atoms with E-state index < -0.39 is 23.1 Å². The molecule has 2 fully saturated rings. The van der Waals surface area contributed by atoms with E-state index in [9.17, 15) is 9.90 Å². The Hall–Kier alpha value is -3.41. The standard InChI is InChI=1S/C34H36F2O4/c1-33(2)14-5-7-26(33)24-16-20(8-11-23(24)25-17-22(39-3)10-12-28(25)35)19-40-29-13-9-21-6-4-15-34(30(21)31(29)36)18-27(34)32(37)38/h8-13,16-17,26-27H,4-7,14-15,18-19H2,1-3H3,(H,37,38)/t26-,27-,34+/m0/s1. The topological polar surface area (TPSA) is 55.8 Å². The van der Waals surface area contributed by atoms with Crippen molar-refractivity contribution >= 4 is 5.97 Å². The Labute approximate surface area is 234 Å². The lowest BCUT2D eigenvalue weighted by Gasteiger charge is -2.30. The second-order valence-corrected chi connectivity index (χ2v) is 12.5. The quantitative estimate of drug-likeness (QED) is 0.325. The Morgan fingerprint density at radius 2 is 1.85 bits per heavy atom. The number of halogens is 2. The number of hydrogen-bond donors (Lipinski definition) is 1. The van der Waals surface area contributed by atoms with Gasteiger partial charge in [0, 0.05) is 16.5 Å². The molecule has 0 heterocycles. The van der Waals surface area contributed by atoms with Crippen LogP contribution in [0.2, 0.25) is 0 Å². The number of carboxylic acids is 1. The summed E-state index contributed by atoms with van der Waals surface area (Å²) in [6.45, 7) is 4.69. The van der Waals surface area contributed by atoms with Gasteiger partial charge in [0.2, 0.25) is 0 Å². The fourth-order valence-electron chi connectivity index (χ4n) is 7.49. The molecule has 2 saturated carbocycles. The lowest BCUT2D eigenvalue weighted by atomic mass is 9.75. The number of hydrogen-bond acceptors (Lipinski definition) is 3. The summed E-state index contributed by atoms with van der Waals surface area (Å²) in [5.41, 5.74) is 4.20. The largest absolute Gasteiger partial charge is 0.497 e. The third-order valence-corrected chi connectivity index (χ3v) is 9.74. The van der Waals surface area contributed by atoms with Crippen molar-refractivity contribution in [1.82, 2.24) is 0 Å². The van der Waals surface area contributed by atoms with E-state index in [-0.39, 0.29) is 29.5 Å². The zero-order valence-corrected chi connectivity index (χ0v) is 23.4. The van der Waals surface area contributed by atoms with E-state index in [0.717, 1.165) is 54.4 Å². The Bertz CT molecular complexity index is 1480. The number of fused-ring (bicyclic) bond motifs is 2. The highest BCUT2D eigenvalue weighted by Crippen LogP contribution is 2.61. The van der Waals surface area contributed by atoms with E-state index in [1.165, 1.54) is 6.07 Å². The first kappa shape index (κ1) is 26.8. The van der Waals surface area contributed by atoms with Crippen molar-refractivity contribution in [2.45, 2.75) is 76.7 Å². The lowest BCUT2D eigenvalue weighted by molar-refractivity contribution is -0.139. The molecule has 6 rings (SSSR count). The second-order valence-electron chi connectivity index (χ2n) is 12.5. The second kappa shape index (κ2) is 9.90. The maximum absolute atomic E-state index is 15.9. The predicted octanol–water partition coefficient (Wildman–Crippen LogP) is 8.19. The highest BCUT2D eigenvalue weighted by atomic mass is 19.1. The number of rotatable bonds is 7. The van der Waals surface area contributed by atoms with Crippen molar-refractivity contribution in [2.75, 3.05) is 7.11 Å². The van der Waals surface area contributed by atoms with E-state index in [4.69, 9.17) is 9.47 Å². The average Bonchev–Trinajstić information content (AvgIpc) is 3.53. The summed E-state index contributed by atoms with van der Waals surface area (Å²) in [5.74, 6) is -1.11. The summed E-state index contributed by atoms with van der Waals surface area (Å²) >= 11 is 0. The van der Waals surface area contributed by atoms with Gasteiger partial charge >= 0.3 is 5.97 Å². The van der Waals surface area contributed by atoms with Crippen LogP contribution >= 0.6 is 0 Å². The molecule has 6 heteroatoms. The maximum atomic E-state index is 15.9. The Morgan fingerprint density at radius 1 is 1.02 bits per heavy atom. The van der Waals surface area contributed by atoms with Gasteiger partial charge in [-0.15, -0.1) is 0 Å². The number of benzene rings is 3. The lowest BCUT2D eigenvalue weighted by Crippen LogP contribution is -2.23. The summed E-state index contributed by atoms with van der Waals surface area (Å²) in [5, 5.41) is 9.63. The van der Waals surface area contributed by atoms with E-state index in [0.29, 0.717) is 29.7 Å². The van der Waals surface area contributed by atoms with Crippen LogP contribution in [0.4, 0.5) is 8.78 Å². The van der Waals surface area contributed by atoms with Crippen LogP contribution in [0.5, 0.6) is 11.5 Å². The molecule has 3 aliphatic rings. The number of aliphatic carboxylic acids is 1. The third-order valence-electron chi connectivity index (χ3n) is 9.74. The van der Waals surface area contributed by atoms with Crippen molar-refractivity contribution in [3.8, 4) is 22.6 Å². The molecular formula is C34H36F2O4. The van der Waals surface area contributed by atoms with Gasteiger partial charge in [0.15, 0.2) is 11.6 Å². The molecule has 0 bridgehead atoms. The summed E-state index contributed by atoms with van der Waals surface area (Å²) in [6, 6.07) is 14.3. The molecule has 3 aliphatic carbocycles. The fourth-order valence-corrected chi connectivity index (χ4v) is 7.49. The van der Waals surface area contributed by atoms with Crippen LogP contribution in [-0.2, 0) is 23.2 Å². The summed E-state index contributed by atoms with van der Waals surface area (Å²) in [6.07, 6.45) is 6.02. The van der Waals surface area contributed by atoms with E-state index in [1.807, 2.05) is 18.2 Å². The Morgan fingerprint density at radius 3 is 2.55 bits per heavy atom. The van der Waals surface area contributed by atoms with Crippen molar-refractivity contribution in [1.29, 1.82) is 0 Å². The number of carboxylic acid groups (broad SMARTS) is 1. The van der Waals surface area contributed by atoms with Crippen LogP contribution in [0.15, 0.2) is 48.5 Å². The van der Waals surface area contributed by atoms with Gasteiger partial charge < -0.3 is 14.6 Å². The first-order chi connectivity index (χ1) is 19.1. The van der Waals surface area contributed by atoms with Crippen LogP contribution < -0.4 is 9.47 Å². The summed E-state index contributed by atoms with van der Waals surface area (Å²) in [7, 11) is 1.57. The first-order valence-corrected chi connectivity index (χ1v) is 14.3. The van der Waals surface area contributed by atoms with E-state index in [2.05, 4.69) is 19.9 Å². The SMILES string of the molecule is COc1ccc(F)c(-c2ccc(COc3ccc4c(c3F)[C@]3(CCC4)C[C@H]3C(=O)O)cc2[C@@H]2CCCC2(C)C)c1. The van der Waals surface area contributed by atoms with Crippen LogP contribution in [0.1, 0.15) is 80.5 Å². The number of methoxy groups -OCH3 is 1. The zero-order chi connectivity index (χ0) is 28.2. The molecule has 1 spiro atoms. The van der Waals surface area contributed by atoms with Gasteiger partial charge in [-0.1, -0.05) is 44.5 Å². The van der Waals surface area contributed by atoms with Crippen LogP contribution in [-0.4, -0.2) is 18.2 Å². The van der Waals surface area contributed by atoms with Gasteiger partial charge in [-0.3, -0.25) is 4.79 Å². The number of ether oxygens (including phenoxy) is 2. The minimum atomic E-state index is -0.853. The van der Waals surface area contributed by atoms with E-state index in [1.54, 1.807) is 25.3 Å². The molecule has 3 aromatic rings. The smallest absolute Gasteiger partial charge is 0.307 e. The molecule has 0 unspecified atom stereocenters. The molecule has 0 amide bonds. The van der Waals surface area contributed by atoms with Gasteiger partial charge in [-0.25, -0.2) is 8.78 Å². The molecule has 0 saturated heterocycles. The number of carbonyl (C=O) groups is 1. The molecular weight excluding hydrogens is 510 g/mol. The van der Waals surface area contributed by atoms with E-state index >= 15 is 8.78 Å². The van der Waals surface area contributed by atoms with Gasteiger partial charge in [0.25, 0.3) is 0 Å². The molecule has 3 atom stereocenters. The number of aryl methyl sites for hydroxylation is 1. The predicted molar refractivity (Wildman–Crippen MR) is 150 cm³/mol. The third kappa shape index (κ3) is 4.46. The van der Waals surface area contributed by atoms with Gasteiger partial charge in [-0.05, 0) is 96.4 Å². The highest BCUT2D eigenvalue weighted by molar-refractivity contribution is 5.78. The van der Waals surface area contributed by atoms with Crippen molar-refractivity contribution in [2.24, 2.45) is 11.3 Å². The summed E-state index contributed by atoms with van der Waals surface area (Å²) in [4.78, 5) is 11.7. The van der Waals surface area contributed by atoms with Crippen LogP contribution in [0.3, 0.4) is 0 Å². The maximum Gasteiger partial charge on any atom is 0.307 e. The Balaban J connectivity index is 1.33. The zero-order valence-electron chi connectivity index (χ0n) is 23.4. The molecule has 40 heavy (non-hydrogen) atoms. The molecule has 0 aromatic heterocycles. The minimum absolute atomic E-state index is 0.0629. The first-order valence-electron chi connectivity index (χ1n) is 14.3. The molecule has 4 nitrogen and oxygen atoms in total. The molecule has 0 radical (unpaired) electrons. The monoisotopic (exact) mass is 546 g/mol. The van der Waals surface area contributed by atoms with Crippen molar-refractivity contribution in [3.63, 3.8) is 0 Å².